The third kappa shape index (κ3) is 8.75. The lowest BCUT2D eigenvalue weighted by atomic mass is 9.87. The van der Waals surface area contributed by atoms with Gasteiger partial charge in [-0.25, -0.2) is 0 Å². The van der Waals surface area contributed by atoms with Crippen LogP contribution < -0.4 is 15.2 Å². The van der Waals surface area contributed by atoms with Crippen molar-refractivity contribution >= 4 is 23.9 Å². The zero-order chi connectivity index (χ0) is 23.6. The fourth-order valence-electron chi connectivity index (χ4n) is 3.03. The van der Waals surface area contributed by atoms with Gasteiger partial charge in [0, 0.05) is 25.7 Å². The molecule has 0 spiro atoms. The minimum Gasteiger partial charge on any atom is -0.480 e. The predicted octanol–water partition coefficient (Wildman–Crippen LogP) is 2.93. The zero-order valence-corrected chi connectivity index (χ0v) is 18.4. The van der Waals surface area contributed by atoms with Crippen molar-refractivity contribution < 1.29 is 38.5 Å². The minimum atomic E-state index is -1.30. The minimum absolute atomic E-state index is 0.00290. The molecule has 0 saturated carbocycles. The van der Waals surface area contributed by atoms with Gasteiger partial charge in [-0.2, -0.15) is 0 Å². The van der Waals surface area contributed by atoms with Crippen molar-refractivity contribution in [2.45, 2.75) is 77.9 Å². The number of esters is 3. The Kier molecular flexibility index (Phi) is 10.7. The van der Waals surface area contributed by atoms with Gasteiger partial charge in [0.1, 0.15) is 6.04 Å². The van der Waals surface area contributed by atoms with Crippen LogP contribution in [0.4, 0.5) is 0 Å². The van der Waals surface area contributed by atoms with E-state index < -0.39 is 41.9 Å². The average Bonchev–Trinajstić information content (AvgIpc) is 2.66. The van der Waals surface area contributed by atoms with Gasteiger partial charge in [0.15, 0.2) is 11.5 Å². The monoisotopic (exact) mass is 437 g/mol. The van der Waals surface area contributed by atoms with E-state index in [2.05, 4.69) is 0 Å². The molecule has 0 aliphatic carbocycles. The molecular weight excluding hydrogens is 406 g/mol. The van der Waals surface area contributed by atoms with Gasteiger partial charge in [-0.1, -0.05) is 19.9 Å². The van der Waals surface area contributed by atoms with Crippen LogP contribution in [0.25, 0.3) is 0 Å². The first kappa shape index (κ1) is 26.1. The van der Waals surface area contributed by atoms with E-state index in [1.807, 2.05) is 13.8 Å². The van der Waals surface area contributed by atoms with Gasteiger partial charge in [-0.15, -0.1) is 0 Å². The summed E-state index contributed by atoms with van der Waals surface area (Å²) < 4.78 is 15.8. The van der Waals surface area contributed by atoms with Crippen molar-refractivity contribution in [1.29, 1.82) is 0 Å². The lowest BCUT2D eigenvalue weighted by Crippen LogP contribution is -2.38. The molecule has 0 heterocycles. The summed E-state index contributed by atoms with van der Waals surface area (Å²) in [5.74, 6) is -3.42. The van der Waals surface area contributed by atoms with Crippen LogP contribution in [0.5, 0.6) is 11.5 Å². The number of carboxylic acids is 1. The molecule has 9 nitrogen and oxygen atoms in total. The standard InChI is InChI=1S/C22H31NO8/c1-5-7-19(25)30-17-10-9-15(12-18(17)31-20(26)8-6-2)16(21(23)22(27)28)11-13(3)29-14(4)24/h9-10,12-13,16,21H,5-8,11,23H2,1-4H3,(H,27,28)/t13?,16?,21-/m0/s1. The van der Waals surface area contributed by atoms with Crippen molar-refractivity contribution in [3.63, 3.8) is 0 Å². The maximum atomic E-state index is 12.1. The Labute approximate surface area is 181 Å². The van der Waals surface area contributed by atoms with Gasteiger partial charge in [-0.05, 0) is 43.9 Å². The lowest BCUT2D eigenvalue weighted by Gasteiger charge is -2.25. The fourth-order valence-corrected chi connectivity index (χ4v) is 3.03. The summed E-state index contributed by atoms with van der Waals surface area (Å²) in [5.41, 5.74) is 6.34. The highest BCUT2D eigenvalue weighted by Crippen LogP contribution is 2.35. The van der Waals surface area contributed by atoms with Gasteiger partial charge >= 0.3 is 23.9 Å². The highest BCUT2D eigenvalue weighted by molar-refractivity contribution is 5.77. The molecule has 9 heteroatoms. The molecular formula is C22H31NO8. The van der Waals surface area contributed by atoms with Crippen LogP contribution in [0.2, 0.25) is 0 Å². The molecule has 0 aliphatic rings. The van der Waals surface area contributed by atoms with Gasteiger partial charge in [0.2, 0.25) is 0 Å². The second-order valence-electron chi connectivity index (χ2n) is 7.28. The van der Waals surface area contributed by atoms with Crippen LogP contribution in [0.1, 0.15) is 71.3 Å². The fraction of sp³-hybridized carbons (Fsp3) is 0.545. The van der Waals surface area contributed by atoms with E-state index in [4.69, 9.17) is 19.9 Å². The number of aliphatic carboxylic acids is 1. The normalized spacial score (nSPS) is 13.6. The molecule has 0 aromatic heterocycles. The molecule has 1 aromatic carbocycles. The molecule has 172 valence electrons. The summed E-state index contributed by atoms with van der Waals surface area (Å²) in [6.07, 6.45) is 1.04. The maximum Gasteiger partial charge on any atom is 0.321 e. The van der Waals surface area contributed by atoms with Crippen LogP contribution in [0.15, 0.2) is 18.2 Å². The number of carboxylic acid groups (broad SMARTS) is 1. The van der Waals surface area contributed by atoms with E-state index in [1.165, 1.54) is 19.1 Å². The number of nitrogens with two attached hydrogens (primary N) is 1. The molecule has 0 saturated heterocycles. The first-order chi connectivity index (χ1) is 14.6. The van der Waals surface area contributed by atoms with Crippen molar-refractivity contribution in [1.82, 2.24) is 0 Å². The third-order valence-electron chi connectivity index (χ3n) is 4.42. The molecule has 0 radical (unpaired) electrons. The number of hydrogen-bond donors (Lipinski definition) is 2. The Morgan fingerprint density at radius 1 is 1.00 bits per heavy atom. The van der Waals surface area contributed by atoms with Crippen LogP contribution >= 0.6 is 0 Å². The third-order valence-corrected chi connectivity index (χ3v) is 4.42. The molecule has 31 heavy (non-hydrogen) atoms. The quantitative estimate of drug-likeness (QED) is 0.373. The van der Waals surface area contributed by atoms with Crippen LogP contribution in [-0.4, -0.2) is 41.1 Å². The van der Waals surface area contributed by atoms with Crippen LogP contribution in [0, 0.1) is 0 Å². The van der Waals surface area contributed by atoms with Crippen molar-refractivity contribution in [3.05, 3.63) is 23.8 Å². The Balaban J connectivity index is 3.33. The Morgan fingerprint density at radius 2 is 1.55 bits per heavy atom. The van der Waals surface area contributed by atoms with Crippen molar-refractivity contribution in [2.75, 3.05) is 0 Å². The van der Waals surface area contributed by atoms with Gasteiger partial charge in [0.05, 0.1) is 6.10 Å². The summed E-state index contributed by atoms with van der Waals surface area (Å²) in [6.45, 7) is 6.53. The summed E-state index contributed by atoms with van der Waals surface area (Å²) in [6, 6.07) is 3.14. The number of hydrogen-bond acceptors (Lipinski definition) is 8. The number of carbonyl (C=O) groups is 4. The zero-order valence-electron chi connectivity index (χ0n) is 18.4. The molecule has 3 N–H and O–H groups in total. The molecule has 0 fully saturated rings. The Hall–Kier alpha value is -2.94. The van der Waals surface area contributed by atoms with Gasteiger partial charge < -0.3 is 25.1 Å². The smallest absolute Gasteiger partial charge is 0.321 e. The van der Waals surface area contributed by atoms with E-state index in [9.17, 15) is 24.3 Å². The predicted molar refractivity (Wildman–Crippen MR) is 112 cm³/mol. The molecule has 1 aromatic rings. The van der Waals surface area contributed by atoms with Crippen LogP contribution in [0.3, 0.4) is 0 Å². The molecule has 1 rings (SSSR count). The highest BCUT2D eigenvalue weighted by Gasteiger charge is 2.29. The van der Waals surface area contributed by atoms with Gasteiger partial charge in [0.25, 0.3) is 0 Å². The summed E-state index contributed by atoms with van der Waals surface area (Å²) in [7, 11) is 0. The molecule has 0 bridgehead atoms. The Bertz CT molecular complexity index is 792. The maximum absolute atomic E-state index is 12.1. The van der Waals surface area contributed by atoms with Crippen molar-refractivity contribution in [3.8, 4) is 11.5 Å². The SMILES string of the molecule is CCCC(=O)Oc1ccc(C(CC(C)OC(C)=O)[C@H](N)C(=O)O)cc1OC(=O)CCC. The average molecular weight is 437 g/mol. The molecule has 3 atom stereocenters. The number of carbonyl (C=O) groups excluding carboxylic acids is 3. The van der Waals surface area contributed by atoms with E-state index in [1.54, 1.807) is 13.0 Å². The van der Waals surface area contributed by atoms with Gasteiger partial charge in [-0.3, -0.25) is 19.2 Å². The lowest BCUT2D eigenvalue weighted by molar-refractivity contribution is -0.146. The summed E-state index contributed by atoms with van der Waals surface area (Å²) >= 11 is 0. The number of rotatable bonds is 12. The topological polar surface area (TPSA) is 142 Å². The number of ether oxygens (including phenoxy) is 3. The van der Waals surface area contributed by atoms with E-state index in [0.29, 0.717) is 18.4 Å². The van der Waals surface area contributed by atoms with Crippen molar-refractivity contribution in [2.24, 2.45) is 5.73 Å². The molecule has 2 unspecified atom stereocenters. The second kappa shape index (κ2) is 12.7. The highest BCUT2D eigenvalue weighted by atomic mass is 16.6. The largest absolute Gasteiger partial charge is 0.480 e. The summed E-state index contributed by atoms with van der Waals surface area (Å²) in [5, 5.41) is 9.44. The van der Waals surface area contributed by atoms with E-state index >= 15 is 0 Å². The first-order valence-electron chi connectivity index (χ1n) is 10.3. The molecule has 0 aliphatic heterocycles. The van der Waals surface area contributed by atoms with Crippen LogP contribution in [-0.2, 0) is 23.9 Å². The van der Waals surface area contributed by atoms with E-state index in [-0.39, 0.29) is 30.8 Å². The Morgan fingerprint density at radius 3 is 2.03 bits per heavy atom. The second-order valence-corrected chi connectivity index (χ2v) is 7.28. The van der Waals surface area contributed by atoms with E-state index in [0.717, 1.165) is 0 Å². The number of benzene rings is 1. The summed E-state index contributed by atoms with van der Waals surface area (Å²) in [4.78, 5) is 46.8. The molecule has 0 amide bonds. The first-order valence-corrected chi connectivity index (χ1v) is 10.3.